The van der Waals surface area contributed by atoms with E-state index < -0.39 is 10.0 Å². The molecule has 0 saturated heterocycles. The molecule has 0 aliphatic carbocycles. The van der Waals surface area contributed by atoms with Crippen LogP contribution < -0.4 is 19.8 Å². The maximum absolute atomic E-state index is 12.6. The Morgan fingerprint density at radius 3 is 2.50 bits per heavy atom. The molecule has 1 aromatic heterocycles. The van der Waals surface area contributed by atoms with Crippen LogP contribution >= 0.6 is 0 Å². The van der Waals surface area contributed by atoms with E-state index in [9.17, 15) is 13.2 Å². The smallest absolute Gasteiger partial charge is 0.253 e. The number of nitrogens with one attached hydrogen (secondary N) is 1. The van der Waals surface area contributed by atoms with Gasteiger partial charge in [-0.25, -0.2) is 18.1 Å². The van der Waals surface area contributed by atoms with Gasteiger partial charge in [0.15, 0.2) is 0 Å². The summed E-state index contributed by atoms with van der Waals surface area (Å²) in [6, 6.07) is 15.0. The molecule has 0 saturated carbocycles. The van der Waals surface area contributed by atoms with Gasteiger partial charge in [-0.2, -0.15) is 0 Å². The van der Waals surface area contributed by atoms with Gasteiger partial charge in [0.25, 0.3) is 5.56 Å². The molecule has 8 nitrogen and oxygen atoms in total. The van der Waals surface area contributed by atoms with E-state index >= 15 is 0 Å². The van der Waals surface area contributed by atoms with Crippen molar-refractivity contribution in [1.29, 1.82) is 0 Å². The van der Waals surface area contributed by atoms with Gasteiger partial charge >= 0.3 is 0 Å². The molecule has 0 spiro atoms. The number of hydrogen-bond acceptors (Lipinski definition) is 6. The molecule has 2 aromatic carbocycles. The van der Waals surface area contributed by atoms with Crippen molar-refractivity contribution in [3.05, 3.63) is 71.3 Å². The minimum Gasteiger partial charge on any atom is -0.497 e. The van der Waals surface area contributed by atoms with E-state index in [1.165, 1.54) is 23.0 Å². The Kier molecular flexibility index (Phi) is 6.86. The zero-order valence-corrected chi connectivity index (χ0v) is 17.6. The normalized spacial score (nSPS) is 11.3. The van der Waals surface area contributed by atoms with Gasteiger partial charge in [-0.3, -0.25) is 9.36 Å². The van der Waals surface area contributed by atoms with Crippen molar-refractivity contribution in [2.45, 2.75) is 18.4 Å². The Morgan fingerprint density at radius 2 is 1.83 bits per heavy atom. The van der Waals surface area contributed by atoms with Gasteiger partial charge in [0, 0.05) is 24.7 Å². The topological polar surface area (TPSA) is 99.5 Å². The van der Waals surface area contributed by atoms with E-state index in [2.05, 4.69) is 9.71 Å². The van der Waals surface area contributed by atoms with Crippen LogP contribution in [0.2, 0.25) is 0 Å². The molecular weight excluding hydrogens is 406 g/mol. The van der Waals surface area contributed by atoms with Crippen molar-refractivity contribution >= 4 is 10.0 Å². The highest BCUT2D eigenvalue weighted by Gasteiger charge is 2.18. The minimum atomic E-state index is -3.78. The Hall–Kier alpha value is -3.17. The van der Waals surface area contributed by atoms with E-state index in [-0.39, 0.29) is 29.3 Å². The molecule has 3 rings (SSSR count). The van der Waals surface area contributed by atoms with E-state index in [4.69, 9.17) is 9.47 Å². The fourth-order valence-electron chi connectivity index (χ4n) is 2.84. The molecule has 1 N–H and O–H groups in total. The van der Waals surface area contributed by atoms with Crippen molar-refractivity contribution in [1.82, 2.24) is 14.3 Å². The van der Waals surface area contributed by atoms with E-state index in [0.717, 1.165) is 5.56 Å². The summed E-state index contributed by atoms with van der Waals surface area (Å²) < 4.78 is 39.5. The number of aromatic nitrogens is 2. The first-order chi connectivity index (χ1) is 14.4. The molecule has 9 heteroatoms. The SMILES string of the molecule is CCOc1ccccc1S(=O)(=O)NCCn1cnc(-c2ccc(OC)cc2)cc1=O. The molecule has 1 heterocycles. The molecule has 3 aromatic rings. The van der Waals surface area contributed by atoms with Crippen molar-refractivity contribution in [3.8, 4) is 22.8 Å². The second-order valence-corrected chi connectivity index (χ2v) is 8.05. The van der Waals surface area contributed by atoms with E-state index in [0.29, 0.717) is 18.1 Å². The molecule has 0 amide bonds. The Labute approximate surface area is 175 Å². The highest BCUT2D eigenvalue weighted by molar-refractivity contribution is 7.89. The van der Waals surface area contributed by atoms with Crippen molar-refractivity contribution < 1.29 is 17.9 Å². The molecule has 0 fully saturated rings. The third kappa shape index (κ3) is 5.05. The number of benzene rings is 2. The molecule has 0 bridgehead atoms. The molecule has 0 unspecified atom stereocenters. The average molecular weight is 429 g/mol. The molecular formula is C21H23N3O5S. The van der Waals surface area contributed by atoms with Crippen LogP contribution in [0.25, 0.3) is 11.3 Å². The first-order valence-corrected chi connectivity index (χ1v) is 10.9. The maximum atomic E-state index is 12.6. The van der Waals surface area contributed by atoms with Gasteiger partial charge in [-0.15, -0.1) is 0 Å². The van der Waals surface area contributed by atoms with Crippen LogP contribution in [-0.4, -0.2) is 38.2 Å². The Morgan fingerprint density at radius 1 is 1.10 bits per heavy atom. The zero-order valence-electron chi connectivity index (χ0n) is 16.7. The number of hydrogen-bond donors (Lipinski definition) is 1. The number of sulfonamides is 1. The summed E-state index contributed by atoms with van der Waals surface area (Å²) in [5.74, 6) is 1.00. The summed E-state index contributed by atoms with van der Waals surface area (Å²) in [4.78, 5) is 16.8. The van der Waals surface area contributed by atoms with Crippen molar-refractivity contribution in [2.75, 3.05) is 20.3 Å². The lowest BCUT2D eigenvalue weighted by molar-refractivity contribution is 0.331. The van der Waals surface area contributed by atoms with Crippen LogP contribution in [0.4, 0.5) is 0 Å². The third-order valence-electron chi connectivity index (χ3n) is 4.35. The third-order valence-corrected chi connectivity index (χ3v) is 5.85. The summed E-state index contributed by atoms with van der Waals surface area (Å²) in [5.41, 5.74) is 1.04. The van der Waals surface area contributed by atoms with Gasteiger partial charge in [-0.05, 0) is 43.3 Å². The summed E-state index contributed by atoms with van der Waals surface area (Å²) >= 11 is 0. The monoisotopic (exact) mass is 429 g/mol. The standard InChI is InChI=1S/C21H23N3O5S/c1-3-29-19-6-4-5-7-20(19)30(26,27)23-12-13-24-15-22-18(14-21(24)25)16-8-10-17(28-2)11-9-16/h4-11,14-15,23H,3,12-13H2,1-2H3. The minimum absolute atomic E-state index is 0.0340. The van der Waals surface area contributed by atoms with Crippen LogP contribution in [0.5, 0.6) is 11.5 Å². The fourth-order valence-corrected chi connectivity index (χ4v) is 4.00. The second kappa shape index (κ2) is 9.55. The number of methoxy groups -OCH3 is 1. The average Bonchev–Trinajstić information content (AvgIpc) is 2.75. The van der Waals surface area contributed by atoms with Gasteiger partial charge < -0.3 is 9.47 Å². The lowest BCUT2D eigenvalue weighted by Crippen LogP contribution is -2.31. The van der Waals surface area contributed by atoms with Gasteiger partial charge in [0.2, 0.25) is 10.0 Å². The quantitative estimate of drug-likeness (QED) is 0.560. The van der Waals surface area contributed by atoms with Crippen LogP contribution in [-0.2, 0) is 16.6 Å². The summed E-state index contributed by atoms with van der Waals surface area (Å²) in [5, 5.41) is 0. The highest BCUT2D eigenvalue weighted by atomic mass is 32.2. The van der Waals surface area contributed by atoms with Crippen molar-refractivity contribution in [3.63, 3.8) is 0 Å². The number of ether oxygens (including phenoxy) is 2. The Bertz CT molecular complexity index is 1160. The highest BCUT2D eigenvalue weighted by Crippen LogP contribution is 2.23. The fraction of sp³-hybridized carbons (Fsp3) is 0.238. The molecule has 0 aliphatic rings. The van der Waals surface area contributed by atoms with Crippen LogP contribution in [0.15, 0.2) is 70.6 Å². The molecule has 30 heavy (non-hydrogen) atoms. The summed E-state index contributed by atoms with van der Waals surface area (Å²) in [7, 11) is -2.20. The Balaban J connectivity index is 1.68. The van der Waals surface area contributed by atoms with Crippen LogP contribution in [0, 0.1) is 0 Å². The largest absolute Gasteiger partial charge is 0.497 e. The predicted octanol–water partition coefficient (Wildman–Crippen LogP) is 2.30. The van der Waals surface area contributed by atoms with E-state index in [1.807, 2.05) is 12.1 Å². The van der Waals surface area contributed by atoms with Gasteiger partial charge in [0.1, 0.15) is 16.4 Å². The van der Waals surface area contributed by atoms with Crippen LogP contribution in [0.1, 0.15) is 6.92 Å². The van der Waals surface area contributed by atoms with Gasteiger partial charge in [0.05, 0.1) is 25.7 Å². The maximum Gasteiger partial charge on any atom is 0.253 e. The summed E-state index contributed by atoms with van der Waals surface area (Å²) in [6.07, 6.45) is 1.41. The van der Waals surface area contributed by atoms with E-state index in [1.54, 1.807) is 44.4 Å². The molecule has 0 radical (unpaired) electrons. The predicted molar refractivity (Wildman–Crippen MR) is 113 cm³/mol. The summed E-state index contributed by atoms with van der Waals surface area (Å²) in [6.45, 7) is 2.32. The lowest BCUT2D eigenvalue weighted by Gasteiger charge is -2.12. The molecule has 0 atom stereocenters. The molecule has 158 valence electrons. The number of nitrogens with zero attached hydrogens (tertiary/aromatic N) is 2. The van der Waals surface area contributed by atoms with Crippen LogP contribution in [0.3, 0.4) is 0 Å². The molecule has 0 aliphatic heterocycles. The van der Waals surface area contributed by atoms with Crippen molar-refractivity contribution in [2.24, 2.45) is 0 Å². The zero-order chi connectivity index (χ0) is 21.6. The first kappa shape index (κ1) is 21.5. The van der Waals surface area contributed by atoms with Gasteiger partial charge in [-0.1, -0.05) is 12.1 Å². The number of para-hydroxylation sites is 1. The number of rotatable bonds is 9. The lowest BCUT2D eigenvalue weighted by atomic mass is 10.1. The first-order valence-electron chi connectivity index (χ1n) is 9.37. The second-order valence-electron chi connectivity index (χ2n) is 6.31.